The molecular weight excluding hydrogens is 238 g/mol. The zero-order chi connectivity index (χ0) is 13.6. The third kappa shape index (κ3) is 4.84. The maximum absolute atomic E-state index is 10.3. The second kappa shape index (κ2) is 6.92. The van der Waals surface area contributed by atoms with Gasteiger partial charge >= 0.3 is 0 Å². The number of hydrogen-bond acceptors (Lipinski definition) is 3. The molecule has 0 saturated heterocycles. The van der Waals surface area contributed by atoms with E-state index < -0.39 is 5.60 Å². The van der Waals surface area contributed by atoms with Gasteiger partial charge in [0.15, 0.2) is 0 Å². The minimum atomic E-state index is -0.485. The lowest BCUT2D eigenvalue weighted by Crippen LogP contribution is -2.43. The molecule has 0 atom stereocenters. The summed E-state index contributed by atoms with van der Waals surface area (Å²) in [6.07, 6.45) is 5.42. The molecule has 0 aromatic heterocycles. The van der Waals surface area contributed by atoms with Crippen LogP contribution >= 0.6 is 0 Å². The third-order valence-corrected chi connectivity index (χ3v) is 3.78. The lowest BCUT2D eigenvalue weighted by Gasteiger charge is -2.32. The van der Waals surface area contributed by atoms with Crippen molar-refractivity contribution in [1.29, 1.82) is 0 Å². The molecule has 1 aliphatic rings. The van der Waals surface area contributed by atoms with E-state index in [0.29, 0.717) is 13.2 Å². The van der Waals surface area contributed by atoms with Gasteiger partial charge in [0.1, 0.15) is 12.4 Å². The Kier molecular flexibility index (Phi) is 5.23. The summed E-state index contributed by atoms with van der Waals surface area (Å²) in [7, 11) is 0. The number of aliphatic hydroxyl groups is 1. The Morgan fingerprint density at radius 1 is 1.26 bits per heavy atom. The number of benzene rings is 1. The van der Waals surface area contributed by atoms with Crippen LogP contribution in [0, 0.1) is 6.92 Å². The quantitative estimate of drug-likeness (QED) is 0.775. The highest BCUT2D eigenvalue weighted by Gasteiger charge is 2.28. The molecule has 0 heterocycles. The van der Waals surface area contributed by atoms with E-state index in [-0.39, 0.29) is 0 Å². The average Bonchev–Trinajstić information content (AvgIpc) is 2.39. The summed E-state index contributed by atoms with van der Waals surface area (Å²) in [5.41, 5.74) is 0.726. The molecule has 3 heteroatoms. The maximum atomic E-state index is 10.3. The molecule has 1 saturated carbocycles. The van der Waals surface area contributed by atoms with Crippen molar-refractivity contribution in [3.63, 3.8) is 0 Å². The van der Waals surface area contributed by atoms with Crippen LogP contribution in [0.5, 0.6) is 5.75 Å². The van der Waals surface area contributed by atoms with Crippen molar-refractivity contribution in [1.82, 2.24) is 5.32 Å². The van der Waals surface area contributed by atoms with Gasteiger partial charge in [-0.2, -0.15) is 0 Å². The smallest absolute Gasteiger partial charge is 0.119 e. The highest BCUT2D eigenvalue weighted by molar-refractivity contribution is 5.27. The van der Waals surface area contributed by atoms with E-state index in [4.69, 9.17) is 4.74 Å². The summed E-state index contributed by atoms with van der Waals surface area (Å²) in [6.45, 7) is 4.16. The van der Waals surface area contributed by atoms with Gasteiger partial charge < -0.3 is 15.2 Å². The van der Waals surface area contributed by atoms with Crippen molar-refractivity contribution in [2.24, 2.45) is 0 Å². The predicted octanol–water partition coefficient (Wildman–Crippen LogP) is 2.66. The van der Waals surface area contributed by atoms with Crippen LogP contribution in [-0.4, -0.2) is 30.4 Å². The van der Waals surface area contributed by atoms with Crippen molar-refractivity contribution in [3.05, 3.63) is 29.8 Å². The van der Waals surface area contributed by atoms with Crippen LogP contribution in [0.1, 0.15) is 37.7 Å². The molecule has 3 nitrogen and oxygen atoms in total. The first-order chi connectivity index (χ1) is 9.18. The number of nitrogens with one attached hydrogen (secondary N) is 1. The largest absolute Gasteiger partial charge is 0.492 e. The molecule has 106 valence electrons. The van der Waals surface area contributed by atoms with Gasteiger partial charge in [-0.3, -0.25) is 0 Å². The molecule has 2 N–H and O–H groups in total. The van der Waals surface area contributed by atoms with Gasteiger partial charge in [0, 0.05) is 13.1 Å². The van der Waals surface area contributed by atoms with Gasteiger partial charge in [-0.05, 0) is 37.5 Å². The molecule has 0 radical (unpaired) electrons. The molecule has 0 aliphatic heterocycles. The first-order valence-electron chi connectivity index (χ1n) is 7.31. The molecule has 0 bridgehead atoms. The van der Waals surface area contributed by atoms with E-state index in [2.05, 4.69) is 18.3 Å². The Morgan fingerprint density at radius 3 is 2.79 bits per heavy atom. The zero-order valence-electron chi connectivity index (χ0n) is 11.8. The van der Waals surface area contributed by atoms with Crippen LogP contribution in [0.15, 0.2) is 24.3 Å². The van der Waals surface area contributed by atoms with Gasteiger partial charge in [0.2, 0.25) is 0 Å². The summed E-state index contributed by atoms with van der Waals surface area (Å²) < 4.78 is 5.67. The van der Waals surface area contributed by atoms with Gasteiger partial charge in [-0.25, -0.2) is 0 Å². The third-order valence-electron chi connectivity index (χ3n) is 3.78. The SMILES string of the molecule is Cc1cccc(OCCNCC2(O)CCCCC2)c1. The van der Waals surface area contributed by atoms with Crippen molar-refractivity contribution in [3.8, 4) is 5.75 Å². The molecule has 2 rings (SSSR count). The molecule has 0 amide bonds. The van der Waals surface area contributed by atoms with Crippen LogP contribution in [0.4, 0.5) is 0 Å². The lowest BCUT2D eigenvalue weighted by atomic mass is 9.85. The minimum absolute atomic E-state index is 0.485. The van der Waals surface area contributed by atoms with E-state index in [1.807, 2.05) is 18.2 Å². The Hall–Kier alpha value is -1.06. The summed E-state index contributed by atoms with van der Waals surface area (Å²) in [5.74, 6) is 0.915. The molecule has 19 heavy (non-hydrogen) atoms. The Balaban J connectivity index is 1.62. The predicted molar refractivity (Wildman–Crippen MR) is 77.6 cm³/mol. The van der Waals surface area contributed by atoms with Crippen molar-refractivity contribution in [2.75, 3.05) is 19.7 Å². The first-order valence-corrected chi connectivity index (χ1v) is 7.31. The zero-order valence-corrected chi connectivity index (χ0v) is 11.8. The number of ether oxygens (including phenoxy) is 1. The average molecular weight is 263 g/mol. The van der Waals surface area contributed by atoms with Crippen LogP contribution in [0.2, 0.25) is 0 Å². The van der Waals surface area contributed by atoms with E-state index in [0.717, 1.165) is 38.0 Å². The van der Waals surface area contributed by atoms with Crippen molar-refractivity contribution in [2.45, 2.75) is 44.6 Å². The van der Waals surface area contributed by atoms with Crippen molar-refractivity contribution >= 4 is 0 Å². The maximum Gasteiger partial charge on any atom is 0.119 e. The normalized spacial score (nSPS) is 18.2. The van der Waals surface area contributed by atoms with E-state index in [9.17, 15) is 5.11 Å². The van der Waals surface area contributed by atoms with E-state index >= 15 is 0 Å². The van der Waals surface area contributed by atoms with Crippen molar-refractivity contribution < 1.29 is 9.84 Å². The van der Waals surface area contributed by atoms with Gasteiger partial charge in [-0.1, -0.05) is 31.4 Å². The molecule has 0 unspecified atom stereocenters. The lowest BCUT2D eigenvalue weighted by molar-refractivity contribution is 0.00457. The molecule has 1 aromatic carbocycles. The molecular formula is C16H25NO2. The molecule has 1 aromatic rings. The minimum Gasteiger partial charge on any atom is -0.492 e. The second-order valence-electron chi connectivity index (χ2n) is 5.63. The summed E-state index contributed by atoms with van der Waals surface area (Å²) in [5, 5.41) is 13.6. The van der Waals surface area contributed by atoms with Gasteiger partial charge in [0.05, 0.1) is 5.60 Å². The van der Waals surface area contributed by atoms with Crippen LogP contribution < -0.4 is 10.1 Å². The topological polar surface area (TPSA) is 41.5 Å². The number of hydrogen-bond donors (Lipinski definition) is 2. The van der Waals surface area contributed by atoms with Crippen LogP contribution in [0.3, 0.4) is 0 Å². The Labute approximate surface area is 116 Å². The molecule has 0 spiro atoms. The standard InChI is InChI=1S/C16H25NO2/c1-14-6-5-7-15(12-14)19-11-10-17-13-16(18)8-3-2-4-9-16/h5-7,12,17-18H,2-4,8-11,13H2,1H3. The fourth-order valence-electron chi connectivity index (χ4n) is 2.65. The molecule has 1 aliphatic carbocycles. The molecule has 1 fully saturated rings. The van der Waals surface area contributed by atoms with E-state index in [1.165, 1.54) is 12.0 Å². The Morgan fingerprint density at radius 2 is 2.05 bits per heavy atom. The summed E-state index contributed by atoms with van der Waals surface area (Å²) in [6, 6.07) is 8.07. The highest BCUT2D eigenvalue weighted by atomic mass is 16.5. The van der Waals surface area contributed by atoms with Crippen LogP contribution in [-0.2, 0) is 0 Å². The van der Waals surface area contributed by atoms with Gasteiger partial charge in [0.25, 0.3) is 0 Å². The summed E-state index contributed by atoms with van der Waals surface area (Å²) in [4.78, 5) is 0. The first kappa shape index (κ1) is 14.4. The fraction of sp³-hybridized carbons (Fsp3) is 0.625. The summed E-state index contributed by atoms with van der Waals surface area (Å²) >= 11 is 0. The van der Waals surface area contributed by atoms with Gasteiger partial charge in [-0.15, -0.1) is 0 Å². The van der Waals surface area contributed by atoms with E-state index in [1.54, 1.807) is 0 Å². The fourth-order valence-corrected chi connectivity index (χ4v) is 2.65. The Bertz CT molecular complexity index is 386. The number of aryl methyl sites for hydroxylation is 1. The van der Waals surface area contributed by atoms with Crippen LogP contribution in [0.25, 0.3) is 0 Å². The monoisotopic (exact) mass is 263 g/mol. The highest BCUT2D eigenvalue weighted by Crippen LogP contribution is 2.27. The second-order valence-corrected chi connectivity index (χ2v) is 5.63. The number of rotatable bonds is 6.